The van der Waals surface area contributed by atoms with Crippen LogP contribution in [0, 0.1) is 0 Å². The molecule has 0 saturated heterocycles. The average Bonchev–Trinajstić information content (AvgIpc) is 0.918. The molecule has 0 spiro atoms. The van der Waals surface area contributed by atoms with Crippen molar-refractivity contribution in [1.82, 2.24) is 0 Å². The van der Waals surface area contributed by atoms with E-state index >= 15 is 0 Å². The Labute approximate surface area is 42.9 Å². The van der Waals surface area contributed by atoms with Crippen LogP contribution in [0.1, 0.15) is 0 Å². The predicted octanol–water partition coefficient (Wildman–Crippen LogP) is 1.08. The molecular weight excluding hydrogens is 125 g/mol. The van der Waals surface area contributed by atoms with Crippen molar-refractivity contribution >= 4 is 17.2 Å². The SMILES string of the molecule is CPP.[V]. The van der Waals surface area contributed by atoms with Gasteiger partial charge in [-0.1, -0.05) is 0 Å². The summed E-state index contributed by atoms with van der Waals surface area (Å²) >= 11 is 0. The molecule has 2 atom stereocenters. The first-order valence-corrected chi connectivity index (χ1v) is 4.10. The third-order valence-corrected chi connectivity index (χ3v) is 0. The summed E-state index contributed by atoms with van der Waals surface area (Å²) in [5.41, 5.74) is 0. The van der Waals surface area contributed by atoms with Gasteiger partial charge in [-0.25, -0.2) is 0 Å². The van der Waals surface area contributed by atoms with Crippen LogP contribution >= 0.6 is 17.2 Å². The first-order chi connectivity index (χ1) is 1.41. The van der Waals surface area contributed by atoms with Crippen LogP contribution in [0.15, 0.2) is 0 Å². The maximum Gasteiger partial charge on any atom is 0 e. The average molecular weight is 131 g/mol. The molecule has 0 fully saturated rings. The van der Waals surface area contributed by atoms with Crippen molar-refractivity contribution in [1.29, 1.82) is 0 Å². The largest absolute Gasteiger partial charge is 0.115 e. The summed E-state index contributed by atoms with van der Waals surface area (Å²) in [7, 11) is 3.61. The van der Waals surface area contributed by atoms with E-state index in [2.05, 4.69) is 15.6 Å². The van der Waals surface area contributed by atoms with Crippen LogP contribution in [-0.4, -0.2) is 6.66 Å². The summed E-state index contributed by atoms with van der Waals surface area (Å²) in [6, 6.07) is 0. The molecule has 0 aromatic carbocycles. The van der Waals surface area contributed by atoms with E-state index in [-0.39, 0.29) is 18.6 Å². The third-order valence-electron chi connectivity index (χ3n) is 0. The Morgan fingerprint density at radius 3 is 1.75 bits per heavy atom. The van der Waals surface area contributed by atoms with Crippen molar-refractivity contribution in [2.24, 2.45) is 0 Å². The Morgan fingerprint density at radius 2 is 1.75 bits per heavy atom. The topological polar surface area (TPSA) is 0 Å². The quantitative estimate of drug-likeness (QED) is 0.431. The first kappa shape index (κ1) is 9.06. The molecule has 0 N–H and O–H groups in total. The number of hydrogen-bond donors (Lipinski definition) is 0. The van der Waals surface area contributed by atoms with E-state index in [0.29, 0.717) is 0 Å². The minimum Gasteiger partial charge on any atom is -0.115 e. The van der Waals surface area contributed by atoms with Gasteiger partial charge in [0.25, 0.3) is 0 Å². The molecule has 4 heavy (non-hydrogen) atoms. The maximum absolute atomic E-state index is 2.61. The van der Waals surface area contributed by atoms with Crippen molar-refractivity contribution in [2.75, 3.05) is 6.66 Å². The Morgan fingerprint density at radius 1 is 1.75 bits per heavy atom. The van der Waals surface area contributed by atoms with Crippen molar-refractivity contribution in [3.8, 4) is 0 Å². The van der Waals surface area contributed by atoms with Gasteiger partial charge in [0.2, 0.25) is 0 Å². The summed E-state index contributed by atoms with van der Waals surface area (Å²) in [5.74, 6) is 0. The summed E-state index contributed by atoms with van der Waals surface area (Å²) in [4.78, 5) is 0. The van der Waals surface area contributed by atoms with Gasteiger partial charge in [0, 0.05) is 18.6 Å². The van der Waals surface area contributed by atoms with E-state index in [0.717, 1.165) is 8.27 Å². The van der Waals surface area contributed by atoms with Crippen molar-refractivity contribution < 1.29 is 18.6 Å². The van der Waals surface area contributed by atoms with Crippen LogP contribution in [0.3, 0.4) is 0 Å². The Kier molecular flexibility index (Phi) is 20.0. The zero-order chi connectivity index (χ0) is 2.71. The number of hydrogen-bond acceptors (Lipinski definition) is 0. The van der Waals surface area contributed by atoms with E-state index in [9.17, 15) is 0 Å². The van der Waals surface area contributed by atoms with E-state index in [4.69, 9.17) is 0 Å². The first-order valence-electron chi connectivity index (χ1n) is 0.789. The Hall–Kier alpha value is 1.44. The summed E-state index contributed by atoms with van der Waals surface area (Å²) in [5, 5.41) is 0. The minimum atomic E-state index is 0. The molecule has 0 aliphatic heterocycles. The van der Waals surface area contributed by atoms with Crippen molar-refractivity contribution in [2.45, 2.75) is 0 Å². The van der Waals surface area contributed by atoms with Crippen LogP contribution in [0.4, 0.5) is 0 Å². The zero-order valence-corrected chi connectivity index (χ0v) is 6.08. The molecule has 0 aromatic rings. The molecule has 0 bridgehead atoms. The van der Waals surface area contributed by atoms with E-state index in [1.165, 1.54) is 0 Å². The molecule has 0 nitrogen and oxygen atoms in total. The Balaban J connectivity index is 0. The molecule has 0 saturated carbocycles. The zero-order valence-electron chi connectivity index (χ0n) is 2.52. The predicted molar refractivity (Wildman–Crippen MR) is 23.9 cm³/mol. The van der Waals surface area contributed by atoms with Gasteiger partial charge in [0.05, 0.1) is 0 Å². The van der Waals surface area contributed by atoms with Crippen LogP contribution in [0.2, 0.25) is 0 Å². The molecular formula is CH6P2V. The molecule has 25 valence electrons. The molecule has 0 aliphatic rings. The molecule has 3 heteroatoms. The molecule has 0 amide bonds. The molecule has 0 aromatic heterocycles. The van der Waals surface area contributed by atoms with Crippen molar-refractivity contribution in [3.05, 3.63) is 0 Å². The van der Waals surface area contributed by atoms with Gasteiger partial charge in [0.15, 0.2) is 0 Å². The van der Waals surface area contributed by atoms with E-state index in [1.807, 2.05) is 0 Å². The molecule has 0 rings (SSSR count). The van der Waals surface area contributed by atoms with Gasteiger partial charge in [-0.2, -0.15) is 0 Å². The molecule has 1 radical (unpaired) electrons. The van der Waals surface area contributed by atoms with Gasteiger partial charge in [-0.15, -0.1) is 17.2 Å². The normalized spacial score (nSPS) is 7.50. The fourth-order valence-corrected chi connectivity index (χ4v) is 0. The summed E-state index contributed by atoms with van der Waals surface area (Å²) < 4.78 is 0. The van der Waals surface area contributed by atoms with Crippen LogP contribution in [-0.2, 0) is 18.6 Å². The van der Waals surface area contributed by atoms with E-state index in [1.54, 1.807) is 0 Å². The summed E-state index contributed by atoms with van der Waals surface area (Å²) in [6.45, 7) is 2.12. The summed E-state index contributed by atoms with van der Waals surface area (Å²) in [6.07, 6.45) is 0. The second-order valence-electron chi connectivity index (χ2n) is 0.289. The number of rotatable bonds is 0. The second-order valence-corrected chi connectivity index (χ2v) is 2.60. The Bertz CT molecular complexity index is 6.00. The van der Waals surface area contributed by atoms with Crippen LogP contribution < -0.4 is 0 Å². The van der Waals surface area contributed by atoms with Gasteiger partial charge in [-0.05, 0) is 6.66 Å². The van der Waals surface area contributed by atoms with Crippen LogP contribution in [0.5, 0.6) is 0 Å². The minimum absolute atomic E-state index is 0. The van der Waals surface area contributed by atoms with Crippen LogP contribution in [0.25, 0.3) is 0 Å². The van der Waals surface area contributed by atoms with E-state index < -0.39 is 0 Å². The van der Waals surface area contributed by atoms with Gasteiger partial charge >= 0.3 is 0 Å². The monoisotopic (exact) mass is 131 g/mol. The maximum atomic E-state index is 2.61. The molecule has 0 aliphatic carbocycles. The van der Waals surface area contributed by atoms with Crippen molar-refractivity contribution in [3.63, 3.8) is 0 Å². The van der Waals surface area contributed by atoms with Gasteiger partial charge in [-0.3, -0.25) is 0 Å². The third kappa shape index (κ3) is 9.86. The van der Waals surface area contributed by atoms with Gasteiger partial charge in [0.1, 0.15) is 0 Å². The van der Waals surface area contributed by atoms with Gasteiger partial charge < -0.3 is 0 Å². The smallest absolute Gasteiger partial charge is 0 e. The standard InChI is InChI=1S/CH6P2.V/c1-3-2;/h3H,2H2,1H3;. The molecule has 2 unspecified atom stereocenters. The fraction of sp³-hybridized carbons (Fsp3) is 1.00. The molecule has 0 heterocycles. The fourth-order valence-electron chi connectivity index (χ4n) is 0. The second kappa shape index (κ2) is 8.82.